The van der Waals surface area contributed by atoms with Crippen LogP contribution in [-0.2, 0) is 22.6 Å². The van der Waals surface area contributed by atoms with E-state index in [4.69, 9.17) is 4.74 Å². The Hall–Kier alpha value is -1.66. The minimum atomic E-state index is -0.202. The molecule has 0 saturated heterocycles. The normalized spacial score (nSPS) is 19.3. The zero-order valence-electron chi connectivity index (χ0n) is 13.3. The van der Waals surface area contributed by atoms with Crippen molar-refractivity contribution >= 4 is 17.2 Å². The molecule has 1 saturated carbocycles. The Bertz CT molecular complexity index is 698. The summed E-state index contributed by atoms with van der Waals surface area (Å²) in [6, 6.07) is 4.17. The smallest absolute Gasteiger partial charge is 0.225 e. The highest BCUT2D eigenvalue weighted by atomic mass is 32.1. The molecule has 0 radical (unpaired) electrons. The summed E-state index contributed by atoms with van der Waals surface area (Å²) in [5.74, 6) is 1.17. The third-order valence-electron chi connectivity index (χ3n) is 5.16. The van der Waals surface area contributed by atoms with Crippen LogP contribution in [0.2, 0.25) is 0 Å². The molecule has 1 amide bonds. The van der Waals surface area contributed by atoms with Gasteiger partial charge in [0.2, 0.25) is 5.91 Å². The topological polar surface area (TPSA) is 47.4 Å². The molecule has 0 spiro atoms. The second-order valence-electron chi connectivity index (χ2n) is 6.42. The van der Waals surface area contributed by atoms with E-state index in [-0.39, 0.29) is 11.5 Å². The van der Waals surface area contributed by atoms with Gasteiger partial charge in [0, 0.05) is 20.2 Å². The number of aromatic nitrogens is 2. The standard InChI is InChI=1S/C17H21N3O2S/c1-22-17(5-3-6-17)10-16(21)19-7-8-20-13(11-18-15(20)12-19)14-4-2-9-23-14/h2,4,9,11H,3,5-8,10,12H2,1H3. The average molecular weight is 331 g/mol. The molecule has 0 unspecified atom stereocenters. The van der Waals surface area contributed by atoms with Gasteiger partial charge in [0.1, 0.15) is 5.82 Å². The number of ether oxygens (including phenoxy) is 1. The maximum absolute atomic E-state index is 12.6. The van der Waals surface area contributed by atoms with Gasteiger partial charge in [-0.15, -0.1) is 11.3 Å². The number of fused-ring (bicyclic) bond motifs is 1. The Morgan fingerprint density at radius 2 is 2.30 bits per heavy atom. The van der Waals surface area contributed by atoms with Crippen LogP contribution in [0.15, 0.2) is 23.7 Å². The summed E-state index contributed by atoms with van der Waals surface area (Å²) >= 11 is 1.72. The third-order valence-corrected chi connectivity index (χ3v) is 6.05. The maximum Gasteiger partial charge on any atom is 0.225 e. The lowest BCUT2D eigenvalue weighted by molar-refractivity contribution is -0.145. The molecule has 0 N–H and O–H groups in total. The Morgan fingerprint density at radius 1 is 1.43 bits per heavy atom. The molecule has 3 heterocycles. The van der Waals surface area contributed by atoms with Gasteiger partial charge in [0.15, 0.2) is 0 Å². The van der Waals surface area contributed by atoms with Crippen LogP contribution in [0.4, 0.5) is 0 Å². The molecule has 5 nitrogen and oxygen atoms in total. The lowest BCUT2D eigenvalue weighted by Crippen LogP contribution is -2.46. The Labute approximate surface area is 139 Å². The van der Waals surface area contributed by atoms with E-state index in [0.717, 1.165) is 43.9 Å². The second-order valence-corrected chi connectivity index (χ2v) is 7.37. The molecule has 0 bridgehead atoms. The molecular formula is C17H21N3O2S. The quantitative estimate of drug-likeness (QED) is 0.865. The van der Waals surface area contributed by atoms with Gasteiger partial charge in [-0.1, -0.05) is 6.07 Å². The number of amides is 1. The van der Waals surface area contributed by atoms with E-state index in [1.807, 2.05) is 11.1 Å². The largest absolute Gasteiger partial charge is 0.378 e. The summed E-state index contributed by atoms with van der Waals surface area (Å²) in [7, 11) is 1.72. The van der Waals surface area contributed by atoms with Crippen molar-refractivity contribution in [2.75, 3.05) is 13.7 Å². The van der Waals surface area contributed by atoms with E-state index < -0.39 is 0 Å². The van der Waals surface area contributed by atoms with E-state index >= 15 is 0 Å². The monoisotopic (exact) mass is 331 g/mol. The number of imidazole rings is 1. The number of nitrogens with zero attached hydrogens (tertiary/aromatic N) is 3. The van der Waals surface area contributed by atoms with Crippen LogP contribution < -0.4 is 0 Å². The predicted octanol–water partition coefficient (Wildman–Crippen LogP) is 2.91. The van der Waals surface area contributed by atoms with Crippen LogP contribution in [0.25, 0.3) is 10.6 Å². The fraction of sp³-hybridized carbons (Fsp3) is 0.529. The molecule has 1 fully saturated rings. The van der Waals surface area contributed by atoms with Crippen molar-refractivity contribution in [1.82, 2.24) is 14.5 Å². The third kappa shape index (κ3) is 2.60. The first kappa shape index (κ1) is 14.9. The van der Waals surface area contributed by atoms with Crippen molar-refractivity contribution in [3.63, 3.8) is 0 Å². The minimum absolute atomic E-state index is 0.193. The van der Waals surface area contributed by atoms with Gasteiger partial charge < -0.3 is 14.2 Å². The molecule has 1 aliphatic carbocycles. The van der Waals surface area contributed by atoms with Crippen LogP contribution in [0.1, 0.15) is 31.5 Å². The summed E-state index contributed by atoms with van der Waals surface area (Å²) in [5, 5.41) is 2.08. The highest BCUT2D eigenvalue weighted by Gasteiger charge is 2.40. The van der Waals surface area contributed by atoms with E-state index in [1.54, 1.807) is 18.4 Å². The maximum atomic E-state index is 12.6. The number of carbonyl (C=O) groups excluding carboxylic acids is 1. The Balaban J connectivity index is 1.48. The number of hydrogen-bond donors (Lipinski definition) is 0. The van der Waals surface area contributed by atoms with Gasteiger partial charge in [-0.05, 0) is 30.7 Å². The lowest BCUT2D eigenvalue weighted by Gasteiger charge is -2.41. The van der Waals surface area contributed by atoms with Crippen molar-refractivity contribution in [2.45, 2.75) is 44.4 Å². The Morgan fingerprint density at radius 3 is 2.96 bits per heavy atom. The van der Waals surface area contributed by atoms with Crippen molar-refractivity contribution in [3.05, 3.63) is 29.5 Å². The first-order valence-corrected chi connectivity index (χ1v) is 9.00. The first-order valence-electron chi connectivity index (χ1n) is 8.12. The van der Waals surface area contributed by atoms with Gasteiger partial charge in [-0.25, -0.2) is 4.98 Å². The summed E-state index contributed by atoms with van der Waals surface area (Å²) in [6.45, 7) is 2.17. The average Bonchev–Trinajstić information content (AvgIpc) is 3.18. The Kier molecular flexibility index (Phi) is 3.73. The second kappa shape index (κ2) is 5.76. The summed E-state index contributed by atoms with van der Waals surface area (Å²) in [4.78, 5) is 20.3. The molecular weight excluding hydrogens is 310 g/mol. The van der Waals surface area contributed by atoms with Gasteiger partial charge in [0.05, 0.1) is 35.3 Å². The molecule has 1 aliphatic heterocycles. The van der Waals surface area contributed by atoms with Crippen LogP contribution in [0, 0.1) is 0 Å². The summed E-state index contributed by atoms with van der Waals surface area (Å²) in [6.07, 6.45) is 5.59. The predicted molar refractivity (Wildman–Crippen MR) is 89.2 cm³/mol. The fourth-order valence-electron chi connectivity index (χ4n) is 3.51. The summed E-state index contributed by atoms with van der Waals surface area (Å²) < 4.78 is 7.83. The molecule has 6 heteroatoms. The SMILES string of the molecule is COC1(CC(=O)N2CCn3c(-c4cccs4)cnc3C2)CCC1. The van der Waals surface area contributed by atoms with Crippen molar-refractivity contribution in [2.24, 2.45) is 0 Å². The molecule has 0 atom stereocenters. The molecule has 4 rings (SSSR count). The van der Waals surface area contributed by atoms with Gasteiger partial charge in [-0.3, -0.25) is 4.79 Å². The van der Waals surface area contributed by atoms with Crippen molar-refractivity contribution < 1.29 is 9.53 Å². The summed E-state index contributed by atoms with van der Waals surface area (Å²) in [5.41, 5.74) is 0.959. The zero-order chi connectivity index (χ0) is 15.9. The van der Waals surface area contributed by atoms with E-state index in [0.29, 0.717) is 13.0 Å². The van der Waals surface area contributed by atoms with Gasteiger partial charge in [-0.2, -0.15) is 0 Å². The van der Waals surface area contributed by atoms with Gasteiger partial charge >= 0.3 is 0 Å². The van der Waals surface area contributed by atoms with E-state index in [9.17, 15) is 4.79 Å². The number of rotatable bonds is 4. The zero-order valence-corrected chi connectivity index (χ0v) is 14.1. The van der Waals surface area contributed by atoms with Crippen LogP contribution in [0.3, 0.4) is 0 Å². The molecule has 122 valence electrons. The van der Waals surface area contributed by atoms with E-state index in [1.165, 1.54) is 4.88 Å². The lowest BCUT2D eigenvalue weighted by atomic mass is 9.77. The van der Waals surface area contributed by atoms with Crippen LogP contribution >= 0.6 is 11.3 Å². The highest BCUT2D eigenvalue weighted by molar-refractivity contribution is 7.13. The molecule has 2 aromatic heterocycles. The van der Waals surface area contributed by atoms with Crippen molar-refractivity contribution in [1.29, 1.82) is 0 Å². The number of methoxy groups -OCH3 is 1. The van der Waals surface area contributed by atoms with Crippen LogP contribution in [0.5, 0.6) is 0 Å². The number of hydrogen-bond acceptors (Lipinski definition) is 4. The van der Waals surface area contributed by atoms with E-state index in [2.05, 4.69) is 27.1 Å². The highest BCUT2D eigenvalue weighted by Crippen LogP contribution is 2.38. The van der Waals surface area contributed by atoms with Crippen molar-refractivity contribution in [3.8, 4) is 10.6 Å². The minimum Gasteiger partial charge on any atom is -0.378 e. The number of carbonyl (C=O) groups is 1. The number of thiophene rings is 1. The molecule has 2 aliphatic rings. The first-order chi connectivity index (χ1) is 11.2. The molecule has 2 aromatic rings. The van der Waals surface area contributed by atoms with Gasteiger partial charge in [0.25, 0.3) is 0 Å². The molecule has 23 heavy (non-hydrogen) atoms. The van der Waals surface area contributed by atoms with Crippen LogP contribution in [-0.4, -0.2) is 39.6 Å². The fourth-order valence-corrected chi connectivity index (χ4v) is 4.25. The molecule has 0 aromatic carbocycles.